The Morgan fingerprint density at radius 3 is 2.70 bits per heavy atom. The van der Waals surface area contributed by atoms with E-state index in [9.17, 15) is 4.79 Å². The van der Waals surface area contributed by atoms with Crippen LogP contribution in [0.5, 0.6) is 0 Å². The van der Waals surface area contributed by atoms with Gasteiger partial charge in [-0.2, -0.15) is 0 Å². The van der Waals surface area contributed by atoms with E-state index in [0.29, 0.717) is 0 Å². The number of nitrogens with two attached hydrogens (primary N) is 2. The van der Waals surface area contributed by atoms with Gasteiger partial charge in [0.25, 0.3) is 5.91 Å². The van der Waals surface area contributed by atoms with E-state index < -0.39 is 5.91 Å². The summed E-state index contributed by atoms with van der Waals surface area (Å²) in [4.78, 5) is 17.5. The van der Waals surface area contributed by atoms with E-state index in [-0.39, 0.29) is 11.6 Å². The van der Waals surface area contributed by atoms with Gasteiger partial charge < -0.3 is 11.5 Å². The van der Waals surface area contributed by atoms with E-state index in [4.69, 9.17) is 11.5 Å². The molecule has 0 fully saturated rings. The smallest absolute Gasteiger partial charge is 0.286 e. The van der Waals surface area contributed by atoms with E-state index in [1.165, 1.54) is 12.3 Å². The topological polar surface area (TPSA) is 94.9 Å². The fourth-order valence-corrected chi connectivity index (χ4v) is 0.491. The molecule has 0 saturated carbocycles. The van der Waals surface area contributed by atoms with Crippen LogP contribution in [0.1, 0.15) is 10.6 Å². The number of hydrogen-bond donors (Lipinski definition) is 2. The largest absolute Gasteiger partial charge is 0.384 e. The Hall–Kier alpha value is -1.65. The van der Waals surface area contributed by atoms with Crippen molar-refractivity contribution in [3.05, 3.63) is 18.1 Å². The number of aromatic nitrogens is 2. The molecule has 5 nitrogen and oxygen atoms in total. The highest BCUT2D eigenvalue weighted by Crippen LogP contribution is 1.93. The van der Waals surface area contributed by atoms with E-state index in [1.807, 2.05) is 0 Å². The average molecular weight is 138 g/mol. The number of amides is 1. The number of rotatable bonds is 1. The van der Waals surface area contributed by atoms with Gasteiger partial charge in [-0.05, 0) is 6.07 Å². The van der Waals surface area contributed by atoms with Gasteiger partial charge in [0.1, 0.15) is 5.82 Å². The van der Waals surface area contributed by atoms with Crippen molar-refractivity contribution in [1.29, 1.82) is 0 Å². The SMILES string of the molecule is NC(=O)c1nccc(N)n1. The van der Waals surface area contributed by atoms with Crippen molar-refractivity contribution >= 4 is 11.7 Å². The molecule has 1 aromatic heterocycles. The molecule has 0 aliphatic rings. The lowest BCUT2D eigenvalue weighted by atomic mass is 10.5. The quantitative estimate of drug-likeness (QED) is 0.528. The van der Waals surface area contributed by atoms with Crippen molar-refractivity contribution in [2.24, 2.45) is 5.73 Å². The molecule has 0 spiro atoms. The molecule has 1 rings (SSSR count). The molecule has 0 aromatic carbocycles. The van der Waals surface area contributed by atoms with E-state index in [2.05, 4.69) is 9.97 Å². The number of primary amides is 1. The van der Waals surface area contributed by atoms with Crippen LogP contribution in [0.2, 0.25) is 0 Å². The molecule has 1 heterocycles. The summed E-state index contributed by atoms with van der Waals surface area (Å²) in [5, 5.41) is 0. The van der Waals surface area contributed by atoms with Crippen LogP contribution in [-0.2, 0) is 0 Å². The third-order valence-corrected chi connectivity index (χ3v) is 0.898. The maximum atomic E-state index is 10.4. The molecule has 0 unspecified atom stereocenters. The van der Waals surface area contributed by atoms with Gasteiger partial charge in [-0.1, -0.05) is 0 Å². The summed E-state index contributed by atoms with van der Waals surface area (Å²) in [7, 11) is 0. The molecular formula is C5H6N4O. The molecule has 0 radical (unpaired) electrons. The summed E-state index contributed by atoms with van der Waals surface area (Å²) in [5.74, 6) is -0.490. The average Bonchev–Trinajstić information content (AvgIpc) is 1.88. The Morgan fingerprint density at radius 1 is 1.60 bits per heavy atom. The Morgan fingerprint density at radius 2 is 2.30 bits per heavy atom. The zero-order valence-corrected chi connectivity index (χ0v) is 5.11. The van der Waals surface area contributed by atoms with Crippen LogP contribution in [0, 0.1) is 0 Å². The van der Waals surface area contributed by atoms with Gasteiger partial charge in [0.15, 0.2) is 0 Å². The van der Waals surface area contributed by atoms with Crippen molar-refractivity contribution < 1.29 is 4.79 Å². The molecule has 1 aromatic rings. The minimum absolute atomic E-state index is 0.0556. The molecule has 0 aliphatic carbocycles. The first-order valence-electron chi connectivity index (χ1n) is 2.58. The lowest BCUT2D eigenvalue weighted by Crippen LogP contribution is -2.15. The van der Waals surface area contributed by atoms with E-state index >= 15 is 0 Å². The van der Waals surface area contributed by atoms with Crippen molar-refractivity contribution in [1.82, 2.24) is 9.97 Å². The van der Waals surface area contributed by atoms with E-state index in [1.54, 1.807) is 0 Å². The van der Waals surface area contributed by atoms with Crippen LogP contribution in [-0.4, -0.2) is 15.9 Å². The Balaban J connectivity index is 3.07. The predicted molar refractivity (Wildman–Crippen MR) is 35.0 cm³/mol. The monoisotopic (exact) mass is 138 g/mol. The van der Waals surface area contributed by atoms with Crippen LogP contribution in [0.15, 0.2) is 12.3 Å². The molecule has 0 bridgehead atoms. The van der Waals surface area contributed by atoms with Crippen molar-refractivity contribution in [2.75, 3.05) is 5.73 Å². The molecule has 1 amide bonds. The highest BCUT2D eigenvalue weighted by Gasteiger charge is 2.01. The van der Waals surface area contributed by atoms with Crippen LogP contribution in [0.3, 0.4) is 0 Å². The summed E-state index contributed by atoms with van der Waals surface area (Å²) >= 11 is 0. The second-order valence-electron chi connectivity index (χ2n) is 1.67. The number of hydrogen-bond acceptors (Lipinski definition) is 4. The normalized spacial score (nSPS) is 9.20. The number of carbonyl (C=O) groups excluding carboxylic acids is 1. The van der Waals surface area contributed by atoms with Gasteiger partial charge in [0, 0.05) is 6.20 Å². The van der Waals surface area contributed by atoms with Gasteiger partial charge in [0.05, 0.1) is 0 Å². The fraction of sp³-hybridized carbons (Fsp3) is 0. The zero-order chi connectivity index (χ0) is 7.56. The predicted octanol–water partition coefficient (Wildman–Crippen LogP) is -0.842. The summed E-state index contributed by atoms with van der Waals surface area (Å²) in [5.41, 5.74) is 10.1. The summed E-state index contributed by atoms with van der Waals surface area (Å²) in [6, 6.07) is 1.48. The number of nitrogens with zero attached hydrogens (tertiary/aromatic N) is 2. The summed E-state index contributed by atoms with van der Waals surface area (Å²) in [6.45, 7) is 0. The van der Waals surface area contributed by atoms with Crippen molar-refractivity contribution in [2.45, 2.75) is 0 Å². The Labute approximate surface area is 57.1 Å². The summed E-state index contributed by atoms with van der Waals surface area (Å²) < 4.78 is 0. The third-order valence-electron chi connectivity index (χ3n) is 0.898. The lowest BCUT2D eigenvalue weighted by Gasteiger charge is -1.92. The molecule has 0 atom stereocenters. The molecular weight excluding hydrogens is 132 g/mol. The maximum absolute atomic E-state index is 10.4. The third kappa shape index (κ3) is 1.19. The van der Waals surface area contributed by atoms with Gasteiger partial charge in [-0.3, -0.25) is 4.79 Å². The summed E-state index contributed by atoms with van der Waals surface area (Å²) in [6.07, 6.45) is 1.38. The molecule has 0 saturated heterocycles. The Kier molecular flexibility index (Phi) is 1.49. The molecule has 10 heavy (non-hydrogen) atoms. The van der Waals surface area contributed by atoms with Crippen LogP contribution < -0.4 is 11.5 Å². The van der Waals surface area contributed by atoms with Crippen LogP contribution in [0.4, 0.5) is 5.82 Å². The minimum atomic E-state index is -0.674. The maximum Gasteiger partial charge on any atom is 0.286 e. The van der Waals surface area contributed by atoms with Crippen molar-refractivity contribution in [3.8, 4) is 0 Å². The van der Waals surface area contributed by atoms with Crippen molar-refractivity contribution in [3.63, 3.8) is 0 Å². The molecule has 52 valence electrons. The van der Waals surface area contributed by atoms with Crippen LogP contribution in [0.25, 0.3) is 0 Å². The number of carbonyl (C=O) groups is 1. The second kappa shape index (κ2) is 2.30. The van der Waals surface area contributed by atoms with Gasteiger partial charge >= 0.3 is 0 Å². The highest BCUT2D eigenvalue weighted by atomic mass is 16.1. The minimum Gasteiger partial charge on any atom is -0.384 e. The highest BCUT2D eigenvalue weighted by molar-refractivity contribution is 5.88. The molecule has 0 aliphatic heterocycles. The Bertz CT molecular complexity index is 260. The standard InChI is InChI=1S/C5H6N4O/c6-3-1-2-8-5(9-3)4(7)10/h1-2H,(H2,7,10)(H2,6,8,9). The van der Waals surface area contributed by atoms with Gasteiger partial charge in [-0.25, -0.2) is 9.97 Å². The number of nitrogen functional groups attached to an aromatic ring is 1. The van der Waals surface area contributed by atoms with Crippen LogP contribution >= 0.6 is 0 Å². The lowest BCUT2D eigenvalue weighted by molar-refractivity contribution is 0.0990. The second-order valence-corrected chi connectivity index (χ2v) is 1.67. The first-order chi connectivity index (χ1) is 4.70. The fourth-order valence-electron chi connectivity index (χ4n) is 0.491. The first kappa shape index (κ1) is 6.47. The van der Waals surface area contributed by atoms with E-state index in [0.717, 1.165) is 0 Å². The van der Waals surface area contributed by atoms with Gasteiger partial charge in [-0.15, -0.1) is 0 Å². The molecule has 4 N–H and O–H groups in total. The molecule has 5 heteroatoms. The van der Waals surface area contributed by atoms with Gasteiger partial charge in [0.2, 0.25) is 5.82 Å². The first-order valence-corrected chi connectivity index (χ1v) is 2.58. The number of anilines is 1. The zero-order valence-electron chi connectivity index (χ0n) is 5.11.